The minimum Gasteiger partial charge on any atom is -0.316 e. The summed E-state index contributed by atoms with van der Waals surface area (Å²) in [7, 11) is 0. The van der Waals surface area contributed by atoms with Crippen molar-refractivity contribution < 1.29 is 18.0 Å². The standard InChI is InChI=1S/C12H14F3NO/c1-3-16-6-7(2)12(17)8-4-5-9(13)11(15)10(8)14/h4-5,7,16H,3,6H2,1-2H3. The lowest BCUT2D eigenvalue weighted by atomic mass is 9.98. The van der Waals surface area contributed by atoms with Crippen LogP contribution in [0.15, 0.2) is 12.1 Å². The van der Waals surface area contributed by atoms with Crippen LogP contribution in [0, 0.1) is 23.4 Å². The van der Waals surface area contributed by atoms with Crippen LogP contribution in [0.2, 0.25) is 0 Å². The topological polar surface area (TPSA) is 29.1 Å². The molecule has 0 aliphatic carbocycles. The molecule has 0 saturated heterocycles. The Hall–Kier alpha value is -1.36. The summed E-state index contributed by atoms with van der Waals surface area (Å²) in [6.07, 6.45) is 0. The van der Waals surface area contributed by atoms with Crippen LogP contribution in [0.25, 0.3) is 0 Å². The van der Waals surface area contributed by atoms with Gasteiger partial charge in [-0.2, -0.15) is 0 Å². The van der Waals surface area contributed by atoms with Gasteiger partial charge in [-0.05, 0) is 18.7 Å². The molecular formula is C12H14F3NO. The SMILES string of the molecule is CCNCC(C)C(=O)c1ccc(F)c(F)c1F. The number of nitrogens with one attached hydrogen (secondary N) is 1. The molecule has 1 unspecified atom stereocenters. The molecule has 0 saturated carbocycles. The predicted octanol–water partition coefficient (Wildman–Crippen LogP) is 2.53. The summed E-state index contributed by atoms with van der Waals surface area (Å²) in [5, 5.41) is 2.93. The number of benzene rings is 1. The molecule has 2 nitrogen and oxygen atoms in total. The van der Waals surface area contributed by atoms with Crippen LogP contribution < -0.4 is 5.32 Å². The summed E-state index contributed by atoms with van der Waals surface area (Å²) in [5.41, 5.74) is -0.408. The van der Waals surface area contributed by atoms with Gasteiger partial charge in [-0.25, -0.2) is 13.2 Å². The van der Waals surface area contributed by atoms with Crippen LogP contribution in [0.1, 0.15) is 24.2 Å². The van der Waals surface area contributed by atoms with Crippen molar-refractivity contribution in [3.8, 4) is 0 Å². The van der Waals surface area contributed by atoms with Gasteiger partial charge in [-0.3, -0.25) is 4.79 Å². The maximum Gasteiger partial charge on any atom is 0.195 e. The number of hydrogen-bond acceptors (Lipinski definition) is 2. The van der Waals surface area contributed by atoms with E-state index in [1.165, 1.54) is 0 Å². The Labute approximate surface area is 97.8 Å². The molecule has 1 N–H and O–H groups in total. The fraction of sp³-hybridized carbons (Fsp3) is 0.417. The van der Waals surface area contributed by atoms with Gasteiger partial charge in [0.05, 0.1) is 5.56 Å². The zero-order valence-corrected chi connectivity index (χ0v) is 9.69. The van der Waals surface area contributed by atoms with E-state index in [1.807, 2.05) is 6.92 Å². The summed E-state index contributed by atoms with van der Waals surface area (Å²) in [5.74, 6) is -5.35. The molecule has 0 aliphatic rings. The zero-order valence-electron chi connectivity index (χ0n) is 9.69. The smallest absolute Gasteiger partial charge is 0.195 e. The average Bonchev–Trinajstić information content (AvgIpc) is 2.32. The van der Waals surface area contributed by atoms with E-state index in [-0.39, 0.29) is 0 Å². The van der Waals surface area contributed by atoms with Gasteiger partial charge in [-0.1, -0.05) is 13.8 Å². The molecular weight excluding hydrogens is 231 g/mol. The van der Waals surface area contributed by atoms with Gasteiger partial charge >= 0.3 is 0 Å². The second kappa shape index (κ2) is 5.82. The molecule has 1 aromatic carbocycles. The molecule has 94 valence electrons. The normalized spacial score (nSPS) is 12.5. The van der Waals surface area contributed by atoms with Crippen molar-refractivity contribution in [2.24, 2.45) is 5.92 Å². The van der Waals surface area contributed by atoms with Crippen LogP contribution in [0.5, 0.6) is 0 Å². The lowest BCUT2D eigenvalue weighted by Crippen LogP contribution is -2.27. The average molecular weight is 245 g/mol. The van der Waals surface area contributed by atoms with E-state index >= 15 is 0 Å². The molecule has 0 bridgehead atoms. The third kappa shape index (κ3) is 3.06. The summed E-state index contributed by atoms with van der Waals surface area (Å²) in [6, 6.07) is 1.73. The number of rotatable bonds is 5. The van der Waals surface area contributed by atoms with Crippen molar-refractivity contribution in [1.82, 2.24) is 5.32 Å². The molecule has 5 heteroatoms. The van der Waals surface area contributed by atoms with Gasteiger partial charge in [0.2, 0.25) is 0 Å². The molecule has 0 aromatic heterocycles. The molecule has 1 rings (SSSR count). The maximum absolute atomic E-state index is 13.3. The van der Waals surface area contributed by atoms with Crippen molar-refractivity contribution in [3.05, 3.63) is 35.1 Å². The monoisotopic (exact) mass is 245 g/mol. The minimum atomic E-state index is -1.61. The van der Waals surface area contributed by atoms with E-state index in [1.54, 1.807) is 6.92 Å². The Morgan fingerprint density at radius 3 is 2.53 bits per heavy atom. The zero-order chi connectivity index (χ0) is 13.0. The highest BCUT2D eigenvalue weighted by Crippen LogP contribution is 2.18. The van der Waals surface area contributed by atoms with Crippen molar-refractivity contribution in [2.45, 2.75) is 13.8 Å². The molecule has 0 heterocycles. The molecule has 0 amide bonds. The van der Waals surface area contributed by atoms with Crippen molar-refractivity contribution in [3.63, 3.8) is 0 Å². The van der Waals surface area contributed by atoms with Gasteiger partial charge in [0, 0.05) is 12.5 Å². The number of halogens is 3. The first-order valence-corrected chi connectivity index (χ1v) is 5.37. The minimum absolute atomic E-state index is 0.369. The molecule has 0 spiro atoms. The highest BCUT2D eigenvalue weighted by Gasteiger charge is 2.22. The number of carbonyl (C=O) groups excluding carboxylic acids is 1. The van der Waals surface area contributed by atoms with Gasteiger partial charge in [0.25, 0.3) is 0 Å². The number of carbonyl (C=O) groups is 1. The molecule has 1 aromatic rings. The van der Waals surface area contributed by atoms with Crippen LogP contribution in [-0.4, -0.2) is 18.9 Å². The van der Waals surface area contributed by atoms with Crippen LogP contribution >= 0.6 is 0 Å². The first-order valence-electron chi connectivity index (χ1n) is 5.37. The Morgan fingerprint density at radius 1 is 1.29 bits per heavy atom. The third-order valence-corrected chi connectivity index (χ3v) is 2.45. The largest absolute Gasteiger partial charge is 0.316 e. The highest BCUT2D eigenvalue weighted by molar-refractivity contribution is 5.98. The van der Waals surface area contributed by atoms with Gasteiger partial charge in [0.15, 0.2) is 23.2 Å². The molecule has 17 heavy (non-hydrogen) atoms. The Bertz CT molecular complexity index is 420. The van der Waals surface area contributed by atoms with Crippen molar-refractivity contribution in [1.29, 1.82) is 0 Å². The van der Waals surface area contributed by atoms with Crippen molar-refractivity contribution >= 4 is 5.78 Å². The van der Waals surface area contributed by atoms with Gasteiger partial charge in [-0.15, -0.1) is 0 Å². The van der Waals surface area contributed by atoms with E-state index in [0.717, 1.165) is 12.1 Å². The summed E-state index contributed by atoms with van der Waals surface area (Å²) >= 11 is 0. The number of ketones is 1. The second-order valence-electron chi connectivity index (χ2n) is 3.80. The third-order valence-electron chi connectivity index (χ3n) is 2.45. The second-order valence-corrected chi connectivity index (χ2v) is 3.80. The van der Waals surface area contributed by atoms with E-state index in [0.29, 0.717) is 13.1 Å². The summed E-state index contributed by atoms with van der Waals surface area (Å²) < 4.78 is 39.0. The maximum atomic E-state index is 13.3. The quantitative estimate of drug-likeness (QED) is 0.638. The van der Waals surface area contributed by atoms with E-state index in [4.69, 9.17) is 0 Å². The Kier molecular flexibility index (Phi) is 4.69. The van der Waals surface area contributed by atoms with Gasteiger partial charge in [0.1, 0.15) is 0 Å². The Balaban J connectivity index is 2.93. The fourth-order valence-electron chi connectivity index (χ4n) is 1.44. The summed E-state index contributed by atoms with van der Waals surface area (Å²) in [4.78, 5) is 11.8. The predicted molar refractivity (Wildman–Crippen MR) is 58.4 cm³/mol. The van der Waals surface area contributed by atoms with Crippen LogP contribution in [0.4, 0.5) is 13.2 Å². The summed E-state index contributed by atoms with van der Waals surface area (Å²) in [6.45, 7) is 4.52. The number of hydrogen-bond donors (Lipinski definition) is 1. The molecule has 0 radical (unpaired) electrons. The lowest BCUT2D eigenvalue weighted by Gasteiger charge is -2.11. The molecule has 1 atom stereocenters. The fourth-order valence-corrected chi connectivity index (χ4v) is 1.44. The molecule has 0 fully saturated rings. The highest BCUT2D eigenvalue weighted by atomic mass is 19.2. The van der Waals surface area contributed by atoms with E-state index < -0.39 is 34.7 Å². The van der Waals surface area contributed by atoms with Crippen LogP contribution in [0.3, 0.4) is 0 Å². The van der Waals surface area contributed by atoms with Gasteiger partial charge < -0.3 is 5.32 Å². The number of Topliss-reactive ketones (excluding diaryl/α,β-unsaturated/α-hetero) is 1. The van der Waals surface area contributed by atoms with E-state index in [2.05, 4.69) is 5.32 Å². The van der Waals surface area contributed by atoms with Crippen molar-refractivity contribution in [2.75, 3.05) is 13.1 Å². The van der Waals surface area contributed by atoms with E-state index in [9.17, 15) is 18.0 Å². The van der Waals surface area contributed by atoms with Crippen LogP contribution in [-0.2, 0) is 0 Å². The Morgan fingerprint density at radius 2 is 1.94 bits per heavy atom. The lowest BCUT2D eigenvalue weighted by molar-refractivity contribution is 0.0924. The molecule has 0 aliphatic heterocycles. The first kappa shape index (κ1) is 13.7. The first-order chi connectivity index (χ1) is 7.99.